The van der Waals surface area contributed by atoms with E-state index in [0.29, 0.717) is 19.6 Å². The van der Waals surface area contributed by atoms with Gasteiger partial charge in [0.25, 0.3) is 0 Å². The van der Waals surface area contributed by atoms with Gasteiger partial charge in [-0.15, -0.1) is 0 Å². The molecule has 0 aliphatic carbocycles. The molecule has 0 N–H and O–H groups in total. The van der Waals surface area contributed by atoms with Crippen molar-refractivity contribution in [2.45, 2.75) is 115 Å². The average molecular weight is 417 g/mol. The van der Waals surface area contributed by atoms with Crippen molar-refractivity contribution >= 4 is 6.29 Å². The summed E-state index contributed by atoms with van der Waals surface area (Å²) in [4.78, 5) is 10.8. The molecule has 4 atom stereocenters. The van der Waals surface area contributed by atoms with E-state index < -0.39 is 0 Å². The predicted octanol–water partition coefficient (Wildman–Crippen LogP) is 5.02. The highest BCUT2D eigenvalue weighted by Gasteiger charge is 2.36. The first-order valence-electron chi connectivity index (χ1n) is 11.6. The second kappa shape index (κ2) is 18.3. The zero-order valence-corrected chi connectivity index (χ0v) is 18.9. The number of hydrogen-bond donors (Lipinski definition) is 0. The van der Waals surface area contributed by atoms with Crippen molar-refractivity contribution in [1.82, 2.24) is 0 Å². The maximum Gasteiger partial charge on any atom is 0.146 e. The zero-order valence-electron chi connectivity index (χ0n) is 18.9. The van der Waals surface area contributed by atoms with Crippen molar-refractivity contribution in [3.8, 4) is 0 Å². The first kappa shape index (κ1) is 26.5. The van der Waals surface area contributed by atoms with Crippen LogP contribution in [0.15, 0.2) is 0 Å². The van der Waals surface area contributed by atoms with Crippen LogP contribution in [0, 0.1) is 0 Å². The summed E-state index contributed by atoms with van der Waals surface area (Å²) in [6.07, 6.45) is 15.3. The van der Waals surface area contributed by atoms with Gasteiger partial charge in [-0.3, -0.25) is 0 Å². The second-order valence-corrected chi connectivity index (χ2v) is 8.02. The normalized spacial score (nSPS) is 21.3. The van der Waals surface area contributed by atoms with Crippen LogP contribution < -0.4 is 0 Å². The molecule has 1 saturated heterocycles. The molecule has 0 unspecified atom stereocenters. The Kier molecular flexibility index (Phi) is 16.7. The Morgan fingerprint density at radius 1 is 0.828 bits per heavy atom. The maximum atomic E-state index is 10.8. The number of rotatable bonds is 20. The monoisotopic (exact) mass is 416 g/mol. The average Bonchev–Trinajstić information content (AvgIpc) is 3.22. The summed E-state index contributed by atoms with van der Waals surface area (Å²) >= 11 is 0. The van der Waals surface area contributed by atoms with Gasteiger partial charge in [0, 0.05) is 20.6 Å². The lowest BCUT2D eigenvalue weighted by molar-refractivity contribution is -0.159. The Morgan fingerprint density at radius 2 is 1.34 bits per heavy atom. The van der Waals surface area contributed by atoms with Crippen LogP contribution >= 0.6 is 0 Å². The molecular formula is C23H44O6. The van der Waals surface area contributed by atoms with Gasteiger partial charge in [0.15, 0.2) is 0 Å². The highest BCUT2D eigenvalue weighted by Crippen LogP contribution is 2.30. The van der Waals surface area contributed by atoms with E-state index in [1.54, 1.807) is 14.2 Å². The van der Waals surface area contributed by atoms with Gasteiger partial charge in [0.1, 0.15) is 19.9 Å². The van der Waals surface area contributed by atoms with Crippen LogP contribution in [0.25, 0.3) is 0 Å². The van der Waals surface area contributed by atoms with Crippen molar-refractivity contribution in [3.05, 3.63) is 0 Å². The zero-order chi connectivity index (χ0) is 21.2. The minimum absolute atomic E-state index is 0.0117. The van der Waals surface area contributed by atoms with E-state index in [4.69, 9.17) is 23.7 Å². The molecule has 0 radical (unpaired) electrons. The van der Waals surface area contributed by atoms with Gasteiger partial charge < -0.3 is 28.5 Å². The first-order chi connectivity index (χ1) is 14.3. The molecule has 0 aromatic rings. The number of unbranched alkanes of at least 4 members (excludes halogenated alkanes) is 7. The highest BCUT2D eigenvalue weighted by molar-refractivity contribution is 5.49. The summed E-state index contributed by atoms with van der Waals surface area (Å²) in [7, 11) is 3.26. The van der Waals surface area contributed by atoms with Crippen LogP contribution in [0.4, 0.5) is 0 Å². The predicted molar refractivity (Wildman–Crippen MR) is 114 cm³/mol. The molecule has 172 valence electrons. The second-order valence-electron chi connectivity index (χ2n) is 8.02. The SMILES string of the molecule is CCCCCCCCCC[C@H](OCOC)[C@H]1CC[C@H]([C@@H](CCC=O)OCOC)O1. The standard InChI is InChI=1S/C23H44O6/c1-4-5-6-7-8-9-10-11-13-20(27-18-25-2)22-15-16-23(29-22)21(14-12-17-24)28-19-26-3/h17,20-23H,4-16,18-19H2,1-3H3/t20-,21+,22+,23+/m0/s1. The fraction of sp³-hybridized carbons (Fsp3) is 0.957. The third-order valence-electron chi connectivity index (χ3n) is 5.63. The molecule has 0 amide bonds. The summed E-state index contributed by atoms with van der Waals surface area (Å²) < 4.78 is 28.2. The molecule has 6 nitrogen and oxygen atoms in total. The Labute approximate surface area is 177 Å². The Bertz CT molecular complexity index is 378. The third kappa shape index (κ3) is 12.0. The van der Waals surface area contributed by atoms with Crippen molar-refractivity contribution in [3.63, 3.8) is 0 Å². The van der Waals surface area contributed by atoms with Gasteiger partial charge >= 0.3 is 0 Å². The molecule has 0 saturated carbocycles. The lowest BCUT2D eigenvalue weighted by Gasteiger charge is -2.27. The number of ether oxygens (including phenoxy) is 5. The Morgan fingerprint density at radius 3 is 1.86 bits per heavy atom. The van der Waals surface area contributed by atoms with Crippen molar-refractivity contribution in [1.29, 1.82) is 0 Å². The number of methoxy groups -OCH3 is 2. The fourth-order valence-corrected chi connectivity index (χ4v) is 4.01. The maximum absolute atomic E-state index is 10.8. The number of hydrogen-bond acceptors (Lipinski definition) is 6. The van der Waals surface area contributed by atoms with E-state index in [1.165, 1.54) is 44.9 Å². The van der Waals surface area contributed by atoms with Crippen LogP contribution in [0.5, 0.6) is 0 Å². The van der Waals surface area contributed by atoms with Crippen molar-refractivity contribution < 1.29 is 28.5 Å². The molecule has 1 fully saturated rings. The summed E-state index contributed by atoms with van der Waals surface area (Å²) in [5, 5.41) is 0. The molecule has 1 heterocycles. The quantitative estimate of drug-likeness (QED) is 0.158. The van der Waals surface area contributed by atoms with E-state index in [-0.39, 0.29) is 31.2 Å². The Hall–Kier alpha value is -0.530. The smallest absolute Gasteiger partial charge is 0.146 e. The minimum atomic E-state index is -0.114. The topological polar surface area (TPSA) is 63.2 Å². The Balaban J connectivity index is 2.39. The minimum Gasteiger partial charge on any atom is -0.370 e. The molecule has 29 heavy (non-hydrogen) atoms. The summed E-state index contributed by atoms with van der Waals surface area (Å²) in [6.45, 7) is 2.76. The van der Waals surface area contributed by atoms with E-state index in [2.05, 4.69) is 6.92 Å². The third-order valence-corrected chi connectivity index (χ3v) is 5.63. The first-order valence-corrected chi connectivity index (χ1v) is 11.6. The van der Waals surface area contributed by atoms with Gasteiger partial charge in [-0.2, -0.15) is 0 Å². The van der Waals surface area contributed by atoms with Crippen molar-refractivity contribution in [2.75, 3.05) is 27.8 Å². The van der Waals surface area contributed by atoms with Crippen LogP contribution in [0.1, 0.15) is 90.4 Å². The van der Waals surface area contributed by atoms with Gasteiger partial charge in [-0.05, 0) is 25.7 Å². The largest absolute Gasteiger partial charge is 0.370 e. The van der Waals surface area contributed by atoms with Gasteiger partial charge in [-0.25, -0.2) is 0 Å². The van der Waals surface area contributed by atoms with Gasteiger partial charge in [0.2, 0.25) is 0 Å². The number of carbonyl (C=O) groups is 1. The highest BCUT2D eigenvalue weighted by atomic mass is 16.7. The van der Waals surface area contributed by atoms with E-state index in [1.807, 2.05) is 0 Å². The molecule has 0 aromatic heterocycles. The molecule has 1 rings (SSSR count). The van der Waals surface area contributed by atoms with Crippen LogP contribution in [-0.4, -0.2) is 58.5 Å². The molecule has 1 aliphatic heterocycles. The lowest BCUT2D eigenvalue weighted by Crippen LogP contribution is -2.34. The molecular weight excluding hydrogens is 372 g/mol. The van der Waals surface area contributed by atoms with E-state index in [0.717, 1.165) is 32.0 Å². The summed E-state index contributed by atoms with van der Waals surface area (Å²) in [5.74, 6) is 0. The van der Waals surface area contributed by atoms with Crippen LogP contribution in [0.2, 0.25) is 0 Å². The van der Waals surface area contributed by atoms with Crippen LogP contribution in [0.3, 0.4) is 0 Å². The van der Waals surface area contributed by atoms with E-state index >= 15 is 0 Å². The molecule has 1 aliphatic rings. The molecule has 0 bridgehead atoms. The molecule has 6 heteroatoms. The van der Waals surface area contributed by atoms with Gasteiger partial charge in [0.05, 0.1) is 24.4 Å². The summed E-state index contributed by atoms with van der Waals surface area (Å²) in [6, 6.07) is 0. The lowest BCUT2D eigenvalue weighted by atomic mass is 10.0. The molecule has 0 spiro atoms. The van der Waals surface area contributed by atoms with Gasteiger partial charge in [-0.1, -0.05) is 58.3 Å². The van der Waals surface area contributed by atoms with Crippen molar-refractivity contribution in [2.24, 2.45) is 0 Å². The fourth-order valence-electron chi connectivity index (χ4n) is 4.01. The van der Waals surface area contributed by atoms with Crippen LogP contribution in [-0.2, 0) is 28.5 Å². The van der Waals surface area contributed by atoms with E-state index in [9.17, 15) is 4.79 Å². The summed E-state index contributed by atoms with van der Waals surface area (Å²) in [5.41, 5.74) is 0. The number of aldehydes is 1. The molecule has 0 aromatic carbocycles. The number of carbonyl (C=O) groups excluding carboxylic acids is 1.